The Morgan fingerprint density at radius 3 is 2.54 bits per heavy atom. The number of ether oxygens (including phenoxy) is 2. The van der Waals surface area contributed by atoms with Crippen molar-refractivity contribution in [3.05, 3.63) is 71.8 Å². The molecule has 1 aliphatic heterocycles. The van der Waals surface area contributed by atoms with Crippen molar-refractivity contribution in [3.63, 3.8) is 0 Å². The number of rotatable bonds is 8. The third-order valence-electron chi connectivity index (χ3n) is 4.24. The summed E-state index contributed by atoms with van der Waals surface area (Å²) in [6, 6.07) is 14.6. The molecule has 0 spiro atoms. The number of hydrogen-bond donors (Lipinski definition) is 3. The number of aliphatic carboxylic acids is 1. The van der Waals surface area contributed by atoms with Crippen LogP contribution in [0.5, 0.6) is 5.75 Å². The summed E-state index contributed by atoms with van der Waals surface area (Å²) in [6.07, 6.45) is 1.29. The van der Waals surface area contributed by atoms with Crippen LogP contribution in [0, 0.1) is 0 Å². The van der Waals surface area contributed by atoms with Gasteiger partial charge in [-0.3, -0.25) is 4.79 Å². The van der Waals surface area contributed by atoms with E-state index in [1.807, 2.05) is 30.3 Å². The van der Waals surface area contributed by atoms with Crippen molar-refractivity contribution in [1.82, 2.24) is 5.32 Å². The fourth-order valence-electron chi connectivity index (χ4n) is 2.74. The first-order chi connectivity index (χ1) is 13.5. The van der Waals surface area contributed by atoms with Crippen molar-refractivity contribution in [3.8, 4) is 5.75 Å². The Balaban J connectivity index is 1.50. The van der Waals surface area contributed by atoms with Gasteiger partial charge in [0.05, 0.1) is 13.2 Å². The summed E-state index contributed by atoms with van der Waals surface area (Å²) in [4.78, 5) is 23.8. The van der Waals surface area contributed by atoms with Gasteiger partial charge in [0.1, 0.15) is 11.5 Å². The van der Waals surface area contributed by atoms with E-state index in [1.54, 1.807) is 18.2 Å². The van der Waals surface area contributed by atoms with Crippen LogP contribution in [0.25, 0.3) is 5.76 Å². The molecule has 0 saturated carbocycles. The van der Waals surface area contributed by atoms with Crippen molar-refractivity contribution in [2.24, 2.45) is 0 Å². The largest absolute Gasteiger partial charge is 0.508 e. The lowest BCUT2D eigenvalue weighted by atomic mass is 10.1. The summed E-state index contributed by atoms with van der Waals surface area (Å²) < 4.78 is 11.1. The number of carbonyl (C=O) groups excluding carboxylic acids is 1. The molecule has 1 aliphatic rings. The Labute approximate surface area is 162 Å². The second-order valence-corrected chi connectivity index (χ2v) is 6.36. The van der Waals surface area contributed by atoms with Crippen LogP contribution in [0.1, 0.15) is 17.5 Å². The van der Waals surface area contributed by atoms with E-state index in [1.165, 1.54) is 12.1 Å². The molecule has 7 heteroatoms. The average molecular weight is 383 g/mol. The molecule has 7 nitrogen and oxygen atoms in total. The smallest absolute Gasteiger partial charge is 0.328 e. The number of carboxylic acids is 1. The Morgan fingerprint density at radius 1 is 1.14 bits per heavy atom. The summed E-state index contributed by atoms with van der Waals surface area (Å²) in [6.45, 7) is 0.105. The van der Waals surface area contributed by atoms with Crippen LogP contribution in [0.4, 0.5) is 0 Å². The zero-order chi connectivity index (χ0) is 19.9. The molecule has 3 rings (SSSR count). The number of benzene rings is 2. The molecule has 0 radical (unpaired) electrons. The van der Waals surface area contributed by atoms with Crippen molar-refractivity contribution in [2.45, 2.75) is 25.2 Å². The maximum atomic E-state index is 12.4. The fourth-order valence-corrected chi connectivity index (χ4v) is 2.74. The first-order valence-electron chi connectivity index (χ1n) is 8.84. The highest BCUT2D eigenvalue weighted by molar-refractivity contribution is 5.88. The van der Waals surface area contributed by atoms with Gasteiger partial charge in [0.15, 0.2) is 12.1 Å². The molecule has 2 aromatic rings. The van der Waals surface area contributed by atoms with Gasteiger partial charge in [-0.05, 0) is 35.9 Å². The van der Waals surface area contributed by atoms with Gasteiger partial charge in [0.2, 0.25) is 0 Å². The maximum absolute atomic E-state index is 12.4. The topological polar surface area (TPSA) is 105 Å². The molecule has 1 amide bonds. The molecule has 0 saturated heterocycles. The predicted octanol–water partition coefficient (Wildman–Crippen LogP) is 2.31. The summed E-state index contributed by atoms with van der Waals surface area (Å²) >= 11 is 0. The quantitative estimate of drug-likeness (QED) is 0.646. The molecule has 0 fully saturated rings. The highest BCUT2D eigenvalue weighted by atomic mass is 16.5. The number of phenols is 1. The van der Waals surface area contributed by atoms with Crippen LogP contribution in [0.2, 0.25) is 0 Å². The highest BCUT2D eigenvalue weighted by Gasteiger charge is 2.30. The molecule has 0 aliphatic carbocycles. The highest BCUT2D eigenvalue weighted by Crippen LogP contribution is 2.27. The molecule has 2 aromatic carbocycles. The van der Waals surface area contributed by atoms with E-state index in [0.29, 0.717) is 12.2 Å². The Bertz CT molecular complexity index is 847. The lowest BCUT2D eigenvalue weighted by molar-refractivity contribution is -0.145. The van der Waals surface area contributed by atoms with E-state index >= 15 is 0 Å². The predicted molar refractivity (Wildman–Crippen MR) is 101 cm³/mol. The zero-order valence-corrected chi connectivity index (χ0v) is 15.1. The first-order valence-corrected chi connectivity index (χ1v) is 8.84. The second-order valence-electron chi connectivity index (χ2n) is 6.36. The number of carbonyl (C=O) groups is 2. The van der Waals surface area contributed by atoms with E-state index < -0.39 is 24.0 Å². The molecule has 2 atom stereocenters. The number of nitrogens with one attached hydrogen (secondary N) is 1. The lowest BCUT2D eigenvalue weighted by Gasteiger charge is -2.18. The van der Waals surface area contributed by atoms with Crippen LogP contribution in [0.3, 0.4) is 0 Å². The van der Waals surface area contributed by atoms with Crippen LogP contribution in [-0.2, 0) is 25.7 Å². The molecule has 0 bridgehead atoms. The minimum absolute atomic E-state index is 0.136. The molecule has 0 aromatic heterocycles. The monoisotopic (exact) mass is 383 g/mol. The van der Waals surface area contributed by atoms with E-state index in [-0.39, 0.29) is 19.0 Å². The van der Waals surface area contributed by atoms with Gasteiger partial charge in [-0.25, -0.2) is 4.79 Å². The third kappa shape index (κ3) is 5.11. The minimum Gasteiger partial charge on any atom is -0.508 e. The third-order valence-corrected chi connectivity index (χ3v) is 4.24. The SMILES string of the molecule is O=C(N[C@@H](COCc1ccccc1)C(=O)O)C1CC=C(c2ccc(O)cc2)O1. The van der Waals surface area contributed by atoms with Crippen LogP contribution < -0.4 is 5.32 Å². The normalized spacial score (nSPS) is 16.7. The number of phenolic OH excluding ortho intramolecular Hbond substituents is 1. The van der Waals surface area contributed by atoms with Crippen molar-refractivity contribution in [2.75, 3.05) is 6.61 Å². The van der Waals surface area contributed by atoms with E-state index in [2.05, 4.69) is 5.32 Å². The average Bonchev–Trinajstić information content (AvgIpc) is 3.19. The van der Waals surface area contributed by atoms with Crippen molar-refractivity contribution >= 4 is 17.6 Å². The van der Waals surface area contributed by atoms with E-state index in [4.69, 9.17) is 9.47 Å². The van der Waals surface area contributed by atoms with Gasteiger partial charge in [-0.1, -0.05) is 30.3 Å². The summed E-state index contributed by atoms with van der Waals surface area (Å²) in [5.74, 6) is -1.03. The second kappa shape index (κ2) is 9.05. The van der Waals surface area contributed by atoms with E-state index in [0.717, 1.165) is 11.1 Å². The molecular weight excluding hydrogens is 362 g/mol. The number of amides is 1. The van der Waals surface area contributed by atoms with Gasteiger partial charge in [0, 0.05) is 12.0 Å². The number of carboxylic acid groups (broad SMARTS) is 1. The zero-order valence-electron chi connectivity index (χ0n) is 15.1. The summed E-state index contributed by atoms with van der Waals surface area (Å²) in [5.41, 5.74) is 1.65. The molecule has 3 N–H and O–H groups in total. The standard InChI is InChI=1S/C21H21NO6/c23-16-8-6-15(7-9-16)18-10-11-19(28-18)20(24)22-17(21(25)26)13-27-12-14-4-2-1-3-5-14/h1-10,17,19,23H,11-13H2,(H,22,24)(H,25,26)/t17-,19?/m0/s1. The fraction of sp³-hybridized carbons (Fsp3) is 0.238. The van der Waals surface area contributed by atoms with Gasteiger partial charge < -0.3 is 25.0 Å². The molecule has 28 heavy (non-hydrogen) atoms. The Hall–Kier alpha value is -3.32. The lowest BCUT2D eigenvalue weighted by Crippen LogP contribution is -2.47. The minimum atomic E-state index is -1.17. The number of hydrogen-bond acceptors (Lipinski definition) is 5. The van der Waals surface area contributed by atoms with Gasteiger partial charge in [0.25, 0.3) is 5.91 Å². The summed E-state index contributed by atoms with van der Waals surface area (Å²) in [7, 11) is 0. The van der Waals surface area contributed by atoms with E-state index in [9.17, 15) is 19.8 Å². The van der Waals surface area contributed by atoms with Crippen LogP contribution in [0.15, 0.2) is 60.7 Å². The van der Waals surface area contributed by atoms with Gasteiger partial charge in [-0.2, -0.15) is 0 Å². The molecule has 1 heterocycles. The van der Waals surface area contributed by atoms with Gasteiger partial charge >= 0.3 is 5.97 Å². The Kier molecular flexibility index (Phi) is 6.29. The van der Waals surface area contributed by atoms with Crippen molar-refractivity contribution < 1.29 is 29.3 Å². The van der Waals surface area contributed by atoms with Gasteiger partial charge in [-0.15, -0.1) is 0 Å². The van der Waals surface area contributed by atoms with Crippen molar-refractivity contribution in [1.29, 1.82) is 0 Å². The first kappa shape index (κ1) is 19.4. The van der Waals surface area contributed by atoms with Crippen LogP contribution >= 0.6 is 0 Å². The molecule has 146 valence electrons. The van der Waals surface area contributed by atoms with Crippen LogP contribution in [-0.4, -0.2) is 40.8 Å². The summed E-state index contributed by atoms with van der Waals surface area (Å²) in [5, 5.41) is 21.2. The maximum Gasteiger partial charge on any atom is 0.328 e. The molecular formula is C21H21NO6. The Morgan fingerprint density at radius 2 is 1.86 bits per heavy atom. The number of aromatic hydroxyl groups is 1. The molecule has 1 unspecified atom stereocenters.